The van der Waals surface area contributed by atoms with Gasteiger partial charge in [0.2, 0.25) is 0 Å². The molecule has 0 aromatic heterocycles. The maximum Gasteiger partial charge on any atom is 1.00 e. The number of benzene rings is 1. The molecule has 0 aliphatic heterocycles. The van der Waals surface area contributed by atoms with Crippen LogP contribution < -0.4 is 169 Å². The van der Waals surface area contributed by atoms with E-state index in [0.29, 0.717) is 5.56 Å². The molecule has 0 amide bonds. The van der Waals surface area contributed by atoms with E-state index in [9.17, 15) is 38.3 Å². The molecule has 3 atom stereocenters. The summed E-state index contributed by atoms with van der Waals surface area (Å²) in [4.78, 5) is 70.2. The van der Waals surface area contributed by atoms with Gasteiger partial charge in [0.25, 0.3) is 0 Å². The zero-order valence-corrected chi connectivity index (χ0v) is 31.8. The number of rotatable bonds is 14. The molecule has 1 aromatic carbocycles. The predicted octanol–water partition coefficient (Wildman–Crippen LogP) is -10.1. The van der Waals surface area contributed by atoms with Crippen LogP contribution in [0.15, 0.2) is 30.3 Å². The Morgan fingerprint density at radius 1 is 1.00 bits per heavy atom. The molecule has 19 heteroatoms. The van der Waals surface area contributed by atoms with Gasteiger partial charge in [-0.05, 0) is 12.0 Å². The van der Waals surface area contributed by atoms with Crippen LogP contribution in [0, 0.1) is 5.92 Å². The van der Waals surface area contributed by atoms with Crippen LogP contribution in [-0.4, -0.2) is 61.9 Å². The van der Waals surface area contributed by atoms with Gasteiger partial charge in [-0.2, -0.15) is 6.42 Å². The van der Waals surface area contributed by atoms with Crippen molar-refractivity contribution >= 4 is 39.3 Å². The van der Waals surface area contributed by atoms with Crippen molar-refractivity contribution in [1.29, 1.82) is 0 Å². The molecule has 0 saturated carbocycles. The number of aliphatic carboxylic acids is 3. The summed E-state index contributed by atoms with van der Waals surface area (Å²) >= 11 is 0. The van der Waals surface area contributed by atoms with Crippen molar-refractivity contribution in [2.75, 3.05) is 6.16 Å². The van der Waals surface area contributed by atoms with Crippen LogP contribution in [0.4, 0.5) is 0 Å². The minimum atomic E-state index is -4.41. The molecule has 0 spiro atoms. The molecule has 3 unspecified atom stereocenters. The topological polar surface area (TPSA) is 271 Å². The summed E-state index contributed by atoms with van der Waals surface area (Å²) in [5, 5.41) is 29.6. The van der Waals surface area contributed by atoms with Gasteiger partial charge in [-0.1, -0.05) is 36.8 Å². The molecule has 1 rings (SSSR count). The minimum absolute atomic E-state index is 0. The summed E-state index contributed by atoms with van der Waals surface area (Å²) in [6.45, 7) is 0. The van der Waals surface area contributed by atoms with Crippen LogP contribution in [0.5, 0.6) is 0 Å². The number of hydrogen-bond acceptors (Lipinski definition) is 9. The molecule has 6 N–H and O–H groups in total. The van der Waals surface area contributed by atoms with Crippen molar-refractivity contribution in [3.05, 3.63) is 35.9 Å². The Hall–Kier alpha value is 2.47. The molecule has 0 aliphatic rings. The Balaban J connectivity index is -0.000000173. The molecule has 194 valence electrons. The number of carboxylic acids is 3. The van der Waals surface area contributed by atoms with Crippen LogP contribution >= 0.6 is 15.1 Å². The largest absolute Gasteiger partial charge is 1.00 e. The molecule has 37 heavy (non-hydrogen) atoms. The van der Waals surface area contributed by atoms with Gasteiger partial charge < -0.3 is 49.6 Å². The SMILES string of the molecule is O=C(O)CCC(CP(=O)(O)O)C(=O)O.O=[C-]CCC(NP(=O)([O-])Cc1ccccc1)C(=O)[O-].[K+].[K+].[K+].[OH-]. The van der Waals surface area contributed by atoms with E-state index in [4.69, 9.17) is 20.0 Å². The zero-order chi connectivity index (χ0) is 25.7. The molecule has 14 nitrogen and oxygen atoms in total. The second-order valence-corrected chi connectivity index (χ2v) is 10.4. The van der Waals surface area contributed by atoms with Crippen molar-refractivity contribution in [1.82, 2.24) is 5.09 Å². The summed E-state index contributed by atoms with van der Waals surface area (Å²) in [5.74, 6) is -5.46. The number of carbonyl (C=O) groups excluding carboxylic acids is 2. The van der Waals surface area contributed by atoms with Crippen molar-refractivity contribution in [2.45, 2.75) is 37.9 Å². The van der Waals surface area contributed by atoms with E-state index in [2.05, 4.69) is 0 Å². The molecule has 0 fully saturated rings. The Bertz CT molecular complexity index is 902. The number of carbonyl (C=O) groups is 3. The molecule has 0 radical (unpaired) electrons. The fraction of sp³-hybridized carbons (Fsp3) is 0.444. The molecule has 0 bridgehead atoms. The monoisotopic (exact) mass is 642 g/mol. The van der Waals surface area contributed by atoms with Crippen LogP contribution in [0.2, 0.25) is 0 Å². The van der Waals surface area contributed by atoms with Gasteiger partial charge in [0.1, 0.15) is 0 Å². The van der Waals surface area contributed by atoms with E-state index >= 15 is 0 Å². The van der Waals surface area contributed by atoms with Gasteiger partial charge in [0.15, 0.2) is 0 Å². The Morgan fingerprint density at radius 2 is 1.51 bits per heavy atom. The van der Waals surface area contributed by atoms with Crippen LogP contribution in [0.1, 0.15) is 31.2 Å². The van der Waals surface area contributed by atoms with Gasteiger partial charge >= 0.3 is 174 Å². The van der Waals surface area contributed by atoms with Crippen LogP contribution in [-0.2, 0) is 34.5 Å². The third kappa shape index (κ3) is 28.4. The zero-order valence-electron chi connectivity index (χ0n) is 20.7. The van der Waals surface area contributed by atoms with E-state index in [1.54, 1.807) is 30.3 Å². The minimum Gasteiger partial charge on any atom is -0.870 e. The first-order chi connectivity index (χ1) is 15.2. The smallest absolute Gasteiger partial charge is 0.870 e. The van der Waals surface area contributed by atoms with Gasteiger partial charge in [0, 0.05) is 18.6 Å². The summed E-state index contributed by atoms with van der Waals surface area (Å²) in [7, 11) is -8.52. The van der Waals surface area contributed by atoms with Crippen molar-refractivity contribution in [3.63, 3.8) is 0 Å². The number of nitrogens with one attached hydrogen (secondary N) is 1. The fourth-order valence-electron chi connectivity index (χ4n) is 2.42. The van der Waals surface area contributed by atoms with Crippen molar-refractivity contribution < 1.29 is 218 Å². The molecular formula is C18H25K3NO13P2-. The van der Waals surface area contributed by atoms with E-state index in [0.717, 1.165) is 0 Å². The first kappa shape index (κ1) is 49.2. The molecule has 1 aromatic rings. The van der Waals surface area contributed by atoms with Gasteiger partial charge in [-0.15, -0.1) is 0 Å². The molecular weight excluding hydrogens is 617 g/mol. The Kier molecular flexibility index (Phi) is 34.7. The number of carboxylic acid groups (broad SMARTS) is 3. The second-order valence-electron chi connectivity index (χ2n) is 6.82. The van der Waals surface area contributed by atoms with Gasteiger partial charge in [0.05, 0.1) is 25.6 Å². The quantitative estimate of drug-likeness (QED) is 0.0716. The van der Waals surface area contributed by atoms with Gasteiger partial charge in [-0.3, -0.25) is 25.5 Å². The summed E-state index contributed by atoms with van der Waals surface area (Å²) in [6.07, 6.45) is -0.656. The maximum atomic E-state index is 11.8. The van der Waals surface area contributed by atoms with E-state index in [1.807, 2.05) is 5.09 Å². The third-order valence-electron chi connectivity index (χ3n) is 3.92. The normalized spacial score (nSPS) is 13.1. The Labute approximate surface area is 341 Å². The molecule has 0 saturated heterocycles. The maximum absolute atomic E-state index is 11.8. The summed E-state index contributed by atoms with van der Waals surface area (Å²) < 4.78 is 22.3. The van der Waals surface area contributed by atoms with Crippen molar-refractivity contribution in [2.24, 2.45) is 5.92 Å². The van der Waals surface area contributed by atoms with E-state index in [1.165, 1.54) is 6.29 Å². The average Bonchev–Trinajstić information content (AvgIpc) is 2.68. The molecule has 0 heterocycles. The Morgan fingerprint density at radius 3 is 1.89 bits per heavy atom. The summed E-state index contributed by atoms with van der Waals surface area (Å²) in [6, 6.07) is 6.96. The predicted molar refractivity (Wildman–Crippen MR) is 111 cm³/mol. The summed E-state index contributed by atoms with van der Waals surface area (Å²) in [5.41, 5.74) is 0.549. The van der Waals surface area contributed by atoms with Crippen LogP contribution in [0.25, 0.3) is 0 Å². The average molecular weight is 643 g/mol. The van der Waals surface area contributed by atoms with E-state index < -0.39 is 57.6 Å². The van der Waals surface area contributed by atoms with E-state index in [-0.39, 0.29) is 185 Å². The number of hydrogen-bond donors (Lipinski definition) is 5. The standard InChI is InChI=1S/C12H15NO5P.C6H11O7P.3K.H2O/c14-8-4-7-11(12(15)16)13-19(17,18)9-10-5-2-1-3-6-10;7-5(8)2-1-4(6(9)10)3-14(11,12)13;;;;/h1-3,5-6,11H,4,7,9H2,(H,15,16)(H2,13,17,18);4H,1-3H2,(H,7,8)(H,9,10)(H2,11,12,13);;;;1H2/q-1;;3*+1;/p-3. The first-order valence-electron chi connectivity index (χ1n) is 9.33. The first-order valence-corrected chi connectivity index (χ1v) is 12.9. The van der Waals surface area contributed by atoms with Crippen molar-refractivity contribution in [3.8, 4) is 0 Å². The second kappa shape index (κ2) is 26.1. The third-order valence-corrected chi connectivity index (χ3v) is 6.32. The fourth-order valence-corrected chi connectivity index (χ4v) is 4.83. The van der Waals surface area contributed by atoms with Gasteiger partial charge in [-0.25, -0.2) is 0 Å². The van der Waals surface area contributed by atoms with Crippen LogP contribution in [0.3, 0.4) is 0 Å². The molecule has 0 aliphatic carbocycles.